The van der Waals surface area contributed by atoms with Crippen LogP contribution in [0, 0.1) is 17.0 Å². The maximum atomic E-state index is 11.0. The van der Waals surface area contributed by atoms with Gasteiger partial charge in [-0.25, -0.2) is 14.8 Å². The summed E-state index contributed by atoms with van der Waals surface area (Å²) in [5, 5.41) is 22.6. The van der Waals surface area contributed by atoms with Crippen LogP contribution in [-0.4, -0.2) is 26.0 Å². The SMILES string of the molecule is Cc1cnc(C(C)Nc2ncc(C(=O)O)cc2[N+](=O)[O-])o1. The third kappa shape index (κ3) is 3.14. The van der Waals surface area contributed by atoms with Crippen molar-refractivity contribution in [2.24, 2.45) is 0 Å². The third-order valence-electron chi connectivity index (χ3n) is 2.67. The second kappa shape index (κ2) is 5.57. The van der Waals surface area contributed by atoms with E-state index in [1.54, 1.807) is 13.8 Å². The molecule has 2 N–H and O–H groups in total. The zero-order chi connectivity index (χ0) is 15.6. The van der Waals surface area contributed by atoms with Gasteiger partial charge in [0.15, 0.2) is 0 Å². The van der Waals surface area contributed by atoms with E-state index in [-0.39, 0.29) is 11.4 Å². The number of aryl methyl sites for hydroxylation is 1. The highest BCUT2D eigenvalue weighted by Gasteiger charge is 2.22. The van der Waals surface area contributed by atoms with Crippen molar-refractivity contribution in [2.75, 3.05) is 5.32 Å². The number of rotatable bonds is 5. The van der Waals surface area contributed by atoms with Gasteiger partial charge in [-0.05, 0) is 13.8 Å². The molecule has 2 rings (SSSR count). The lowest BCUT2D eigenvalue weighted by Gasteiger charge is -2.11. The lowest BCUT2D eigenvalue weighted by atomic mass is 10.2. The fraction of sp³-hybridized carbons (Fsp3) is 0.250. The molecule has 2 aromatic heterocycles. The zero-order valence-corrected chi connectivity index (χ0v) is 11.2. The van der Waals surface area contributed by atoms with Crippen LogP contribution in [0.2, 0.25) is 0 Å². The standard InChI is InChI=1S/C12H12N4O5/c1-6-4-14-11(21-6)7(2)15-10-9(16(19)20)3-8(5-13-10)12(17)18/h3-5,7H,1-2H3,(H,13,15)(H,17,18). The molecule has 0 fully saturated rings. The van der Waals surface area contributed by atoms with Gasteiger partial charge >= 0.3 is 11.7 Å². The summed E-state index contributed by atoms with van der Waals surface area (Å²) in [6, 6.07) is 0.492. The summed E-state index contributed by atoms with van der Waals surface area (Å²) in [7, 11) is 0. The molecule has 0 saturated carbocycles. The highest BCUT2D eigenvalue weighted by Crippen LogP contribution is 2.26. The first kappa shape index (κ1) is 14.4. The van der Waals surface area contributed by atoms with Crippen molar-refractivity contribution in [1.82, 2.24) is 9.97 Å². The summed E-state index contributed by atoms with van der Waals surface area (Å²) in [6.07, 6.45) is 2.58. The molecule has 1 unspecified atom stereocenters. The van der Waals surface area contributed by atoms with Crippen molar-refractivity contribution in [3.63, 3.8) is 0 Å². The summed E-state index contributed by atoms with van der Waals surface area (Å²) in [5.74, 6) is -0.366. The van der Waals surface area contributed by atoms with Gasteiger partial charge < -0.3 is 14.8 Å². The lowest BCUT2D eigenvalue weighted by Crippen LogP contribution is -2.11. The second-order valence-corrected chi connectivity index (χ2v) is 4.33. The number of anilines is 1. The van der Waals surface area contributed by atoms with Gasteiger partial charge in [-0.1, -0.05) is 0 Å². The first-order chi connectivity index (χ1) is 9.88. The van der Waals surface area contributed by atoms with E-state index in [1.807, 2.05) is 0 Å². The van der Waals surface area contributed by atoms with Crippen molar-refractivity contribution in [3.05, 3.63) is 45.8 Å². The third-order valence-corrected chi connectivity index (χ3v) is 2.67. The lowest BCUT2D eigenvalue weighted by molar-refractivity contribution is -0.384. The summed E-state index contributed by atoms with van der Waals surface area (Å²) < 4.78 is 5.31. The number of nitrogens with one attached hydrogen (secondary N) is 1. The van der Waals surface area contributed by atoms with Crippen LogP contribution in [0.4, 0.5) is 11.5 Å². The fourth-order valence-corrected chi connectivity index (χ4v) is 1.66. The van der Waals surface area contributed by atoms with Crippen molar-refractivity contribution >= 4 is 17.5 Å². The summed E-state index contributed by atoms with van der Waals surface area (Å²) in [5.41, 5.74) is -0.683. The van der Waals surface area contributed by atoms with E-state index >= 15 is 0 Å². The number of carboxylic acid groups (broad SMARTS) is 1. The van der Waals surface area contributed by atoms with E-state index in [1.165, 1.54) is 6.20 Å². The number of carboxylic acids is 1. The molecule has 0 radical (unpaired) electrons. The number of aromatic nitrogens is 2. The van der Waals surface area contributed by atoms with Crippen molar-refractivity contribution in [3.8, 4) is 0 Å². The second-order valence-electron chi connectivity index (χ2n) is 4.33. The monoisotopic (exact) mass is 292 g/mol. The number of oxazole rings is 1. The molecule has 1 atom stereocenters. The Morgan fingerprint density at radius 2 is 2.19 bits per heavy atom. The molecule has 0 aliphatic rings. The Hall–Kier alpha value is -2.97. The Morgan fingerprint density at radius 1 is 1.48 bits per heavy atom. The normalized spacial score (nSPS) is 11.9. The van der Waals surface area contributed by atoms with Gasteiger partial charge in [-0.2, -0.15) is 0 Å². The highest BCUT2D eigenvalue weighted by atomic mass is 16.6. The van der Waals surface area contributed by atoms with Gasteiger partial charge in [0.05, 0.1) is 16.7 Å². The van der Waals surface area contributed by atoms with Crippen molar-refractivity contribution < 1.29 is 19.2 Å². The fourth-order valence-electron chi connectivity index (χ4n) is 1.66. The number of nitro groups is 1. The summed E-state index contributed by atoms with van der Waals surface area (Å²) in [6.45, 7) is 3.42. The molecule has 0 saturated heterocycles. The summed E-state index contributed by atoms with van der Waals surface area (Å²) >= 11 is 0. The molecule has 0 aliphatic carbocycles. The van der Waals surface area contributed by atoms with E-state index < -0.39 is 22.6 Å². The Balaban J connectivity index is 2.31. The Bertz CT molecular complexity index is 697. The van der Waals surface area contributed by atoms with Crippen molar-refractivity contribution in [1.29, 1.82) is 0 Å². The number of hydrogen-bond donors (Lipinski definition) is 2. The molecule has 2 aromatic rings. The van der Waals surface area contributed by atoms with Crippen LogP contribution in [0.15, 0.2) is 22.9 Å². The molecule has 0 spiro atoms. The van der Waals surface area contributed by atoms with E-state index in [0.717, 1.165) is 12.3 Å². The number of nitrogens with zero attached hydrogens (tertiary/aromatic N) is 3. The number of carbonyl (C=O) groups is 1. The minimum absolute atomic E-state index is 0.0478. The van der Waals surface area contributed by atoms with Crippen LogP contribution in [0.5, 0.6) is 0 Å². The predicted molar refractivity (Wildman–Crippen MR) is 71.1 cm³/mol. The zero-order valence-electron chi connectivity index (χ0n) is 11.2. The molecular weight excluding hydrogens is 280 g/mol. The van der Waals surface area contributed by atoms with Crippen LogP contribution in [0.25, 0.3) is 0 Å². The molecule has 2 heterocycles. The van der Waals surface area contributed by atoms with Crippen LogP contribution >= 0.6 is 0 Å². The quantitative estimate of drug-likeness (QED) is 0.633. The smallest absolute Gasteiger partial charge is 0.337 e. The molecule has 0 aromatic carbocycles. The largest absolute Gasteiger partial charge is 0.478 e. The van der Waals surface area contributed by atoms with Gasteiger partial charge in [-0.15, -0.1) is 0 Å². The van der Waals surface area contributed by atoms with Crippen molar-refractivity contribution in [2.45, 2.75) is 19.9 Å². The van der Waals surface area contributed by atoms with Gasteiger partial charge in [0.1, 0.15) is 11.8 Å². The van der Waals surface area contributed by atoms with Crippen LogP contribution < -0.4 is 5.32 Å². The van der Waals surface area contributed by atoms with E-state index in [9.17, 15) is 14.9 Å². The van der Waals surface area contributed by atoms with Crippen LogP contribution in [-0.2, 0) is 0 Å². The Kier molecular flexibility index (Phi) is 3.83. The predicted octanol–water partition coefficient (Wildman–Crippen LogP) is 2.16. The average molecular weight is 292 g/mol. The van der Waals surface area contributed by atoms with Gasteiger partial charge in [0, 0.05) is 12.3 Å². The minimum Gasteiger partial charge on any atom is -0.478 e. The van der Waals surface area contributed by atoms with Gasteiger partial charge in [-0.3, -0.25) is 10.1 Å². The molecule has 110 valence electrons. The van der Waals surface area contributed by atoms with E-state index in [2.05, 4.69) is 15.3 Å². The first-order valence-corrected chi connectivity index (χ1v) is 5.95. The van der Waals surface area contributed by atoms with Crippen LogP contribution in [0.3, 0.4) is 0 Å². The number of hydrogen-bond acceptors (Lipinski definition) is 7. The minimum atomic E-state index is -1.28. The summed E-state index contributed by atoms with van der Waals surface area (Å²) in [4.78, 5) is 28.9. The number of pyridine rings is 1. The molecule has 0 aliphatic heterocycles. The molecule has 0 amide bonds. The first-order valence-electron chi connectivity index (χ1n) is 5.95. The maximum absolute atomic E-state index is 11.0. The highest BCUT2D eigenvalue weighted by molar-refractivity contribution is 5.88. The molecule has 9 heteroatoms. The molecular formula is C12H12N4O5. The van der Waals surface area contributed by atoms with E-state index in [4.69, 9.17) is 9.52 Å². The number of aromatic carboxylic acids is 1. The van der Waals surface area contributed by atoms with Gasteiger partial charge in [0.2, 0.25) is 11.7 Å². The molecule has 9 nitrogen and oxygen atoms in total. The van der Waals surface area contributed by atoms with Crippen LogP contribution in [0.1, 0.15) is 35.0 Å². The Morgan fingerprint density at radius 3 is 2.71 bits per heavy atom. The topological polar surface area (TPSA) is 131 Å². The molecule has 0 bridgehead atoms. The van der Waals surface area contributed by atoms with E-state index in [0.29, 0.717) is 11.7 Å². The average Bonchev–Trinajstić information content (AvgIpc) is 2.85. The molecule has 21 heavy (non-hydrogen) atoms. The maximum Gasteiger partial charge on any atom is 0.337 e. The Labute approximate surface area is 118 Å². The van der Waals surface area contributed by atoms with Gasteiger partial charge in [0.25, 0.3) is 0 Å².